The molecule has 4 N–H and O–H groups in total. The number of hydrogen-bond donors (Lipinski definition) is 4. The highest BCUT2D eigenvalue weighted by atomic mass is 16.6. The Hall–Kier alpha value is -1.34. The Morgan fingerprint density at radius 1 is 0.964 bits per heavy atom. The monoisotopic (exact) mass is 397 g/mol. The zero-order valence-electron chi connectivity index (χ0n) is 18.4. The van der Waals surface area contributed by atoms with Gasteiger partial charge in [0.15, 0.2) is 5.96 Å². The summed E-state index contributed by atoms with van der Waals surface area (Å²) >= 11 is 0. The molecule has 7 heteroatoms. The average molecular weight is 398 g/mol. The van der Waals surface area contributed by atoms with E-state index in [0.717, 1.165) is 25.9 Å². The Morgan fingerprint density at radius 2 is 1.54 bits per heavy atom. The molecule has 0 saturated carbocycles. The van der Waals surface area contributed by atoms with Gasteiger partial charge in [0, 0.05) is 20.0 Å². The van der Waals surface area contributed by atoms with E-state index in [1.165, 1.54) is 71.1 Å². The predicted octanol–water partition coefficient (Wildman–Crippen LogP) is 3.57. The van der Waals surface area contributed by atoms with Crippen LogP contribution in [0.2, 0.25) is 0 Å². The van der Waals surface area contributed by atoms with Crippen molar-refractivity contribution in [2.45, 2.75) is 104 Å². The molecule has 1 unspecified atom stereocenters. The van der Waals surface area contributed by atoms with Gasteiger partial charge in [-0.05, 0) is 12.8 Å². The lowest BCUT2D eigenvalue weighted by Crippen LogP contribution is -2.73. The Kier molecular flexibility index (Phi) is 13.7. The molecule has 0 radical (unpaired) electrons. The molecule has 0 spiro atoms. The summed E-state index contributed by atoms with van der Waals surface area (Å²) in [5.74, 6) is -0.753. The number of carbonyl (C=O) groups is 1. The van der Waals surface area contributed by atoms with Crippen molar-refractivity contribution in [3.8, 4) is 0 Å². The van der Waals surface area contributed by atoms with Crippen molar-refractivity contribution in [2.75, 3.05) is 19.8 Å². The molecule has 0 aliphatic carbocycles. The van der Waals surface area contributed by atoms with E-state index in [0.29, 0.717) is 12.6 Å². The highest BCUT2D eigenvalue weighted by molar-refractivity contribution is 5.81. The van der Waals surface area contributed by atoms with Gasteiger partial charge in [0.05, 0.1) is 6.67 Å². The third kappa shape index (κ3) is 11.5. The summed E-state index contributed by atoms with van der Waals surface area (Å²) in [5, 5.41) is 13.0. The topological polar surface area (TPSA) is 86.8 Å². The molecular weight excluding hydrogens is 354 g/mol. The molecule has 0 amide bonds. The van der Waals surface area contributed by atoms with Crippen molar-refractivity contribution in [2.24, 2.45) is 4.99 Å². The quantitative estimate of drug-likeness (QED) is 0.181. The van der Waals surface area contributed by atoms with Gasteiger partial charge in [-0.15, -0.1) is 0 Å². The fourth-order valence-corrected chi connectivity index (χ4v) is 3.28. The Bertz CT molecular complexity index is 445. The van der Waals surface area contributed by atoms with Gasteiger partial charge in [0.1, 0.15) is 0 Å². The van der Waals surface area contributed by atoms with Crippen LogP contribution in [0.1, 0.15) is 97.8 Å². The van der Waals surface area contributed by atoms with Crippen molar-refractivity contribution >= 4 is 11.9 Å². The zero-order chi connectivity index (χ0) is 20.5. The third-order valence-electron chi connectivity index (χ3n) is 4.88. The Labute approximate surface area is 171 Å². The summed E-state index contributed by atoms with van der Waals surface area (Å²) in [6, 6.07) is 0. The summed E-state index contributed by atoms with van der Waals surface area (Å²) in [7, 11) is 0. The normalized spacial score (nSPS) is 19.0. The first kappa shape index (κ1) is 24.7. The molecule has 0 aromatic heterocycles. The minimum atomic E-state index is -1.08. The van der Waals surface area contributed by atoms with Crippen molar-refractivity contribution in [1.82, 2.24) is 21.3 Å². The summed E-state index contributed by atoms with van der Waals surface area (Å²) in [4.78, 5) is 16.0. The van der Waals surface area contributed by atoms with E-state index in [1.54, 1.807) is 0 Å². The van der Waals surface area contributed by atoms with Crippen molar-refractivity contribution in [3.63, 3.8) is 0 Å². The van der Waals surface area contributed by atoms with Crippen LogP contribution in [0, 0.1) is 0 Å². The van der Waals surface area contributed by atoms with Gasteiger partial charge >= 0.3 is 11.9 Å². The van der Waals surface area contributed by atoms with Crippen LogP contribution in [0.25, 0.3) is 0 Å². The number of guanidine groups is 1. The molecule has 164 valence electrons. The van der Waals surface area contributed by atoms with E-state index in [9.17, 15) is 4.79 Å². The number of unbranched alkanes of at least 4 members (excludes halogenated alkanes) is 10. The number of rotatable bonds is 16. The maximum absolute atomic E-state index is 11.6. The number of carbonyl (C=O) groups excluding carboxylic acids is 1. The minimum Gasteiger partial charge on any atom is -0.411 e. The van der Waals surface area contributed by atoms with Crippen molar-refractivity contribution in [3.05, 3.63) is 0 Å². The molecule has 7 nitrogen and oxygen atoms in total. The lowest BCUT2D eigenvalue weighted by atomic mass is 10.1. The SMILES string of the molecule is CCCCCCCCNC1=NCNC(NCCCCCCCC)(OC(C)=O)N1. The van der Waals surface area contributed by atoms with Gasteiger partial charge in [-0.25, -0.2) is 15.6 Å². The van der Waals surface area contributed by atoms with Gasteiger partial charge in [-0.1, -0.05) is 78.1 Å². The molecule has 1 aliphatic heterocycles. The molecule has 1 atom stereocenters. The highest BCUT2D eigenvalue weighted by Gasteiger charge is 2.36. The van der Waals surface area contributed by atoms with Gasteiger partial charge < -0.3 is 10.1 Å². The fraction of sp³-hybridized carbons (Fsp3) is 0.905. The molecule has 0 aromatic rings. The number of hydrogen-bond acceptors (Lipinski definition) is 7. The first-order valence-electron chi connectivity index (χ1n) is 11.4. The van der Waals surface area contributed by atoms with E-state index in [1.807, 2.05) is 0 Å². The van der Waals surface area contributed by atoms with Crippen LogP contribution in [-0.4, -0.2) is 37.7 Å². The van der Waals surface area contributed by atoms with E-state index >= 15 is 0 Å². The van der Waals surface area contributed by atoms with Gasteiger partial charge in [0.2, 0.25) is 0 Å². The lowest BCUT2D eigenvalue weighted by Gasteiger charge is -2.38. The minimum absolute atomic E-state index is 0.340. The van der Waals surface area contributed by atoms with E-state index in [2.05, 4.69) is 40.1 Å². The van der Waals surface area contributed by atoms with Crippen LogP contribution in [0.3, 0.4) is 0 Å². The molecule has 0 fully saturated rings. The third-order valence-corrected chi connectivity index (χ3v) is 4.88. The largest absolute Gasteiger partial charge is 0.411 e. The smallest absolute Gasteiger partial charge is 0.307 e. The molecule has 1 heterocycles. The first-order valence-corrected chi connectivity index (χ1v) is 11.4. The van der Waals surface area contributed by atoms with Gasteiger partial charge in [-0.3, -0.25) is 10.1 Å². The highest BCUT2D eigenvalue weighted by Crippen LogP contribution is 2.08. The zero-order valence-corrected chi connectivity index (χ0v) is 18.4. The maximum atomic E-state index is 11.6. The standard InChI is InChI=1S/C21H43N5O2/c1-4-6-8-10-12-14-16-22-20-23-18-25-21(26-20,28-19(3)27)24-17-15-13-11-9-7-5-2/h24-25H,4-18H2,1-3H3,(H2,22,23,26). The summed E-state index contributed by atoms with van der Waals surface area (Å²) in [6.45, 7) is 7.91. The molecule has 0 bridgehead atoms. The predicted molar refractivity (Wildman–Crippen MR) is 116 cm³/mol. The van der Waals surface area contributed by atoms with Gasteiger partial charge in [-0.2, -0.15) is 0 Å². The van der Waals surface area contributed by atoms with Crippen LogP contribution >= 0.6 is 0 Å². The fourth-order valence-electron chi connectivity index (χ4n) is 3.28. The molecule has 0 aromatic carbocycles. The van der Waals surface area contributed by atoms with Gasteiger partial charge in [0.25, 0.3) is 0 Å². The average Bonchev–Trinajstić information content (AvgIpc) is 2.66. The number of nitrogens with one attached hydrogen (secondary N) is 4. The van der Waals surface area contributed by atoms with Crippen LogP contribution in [-0.2, 0) is 9.53 Å². The van der Waals surface area contributed by atoms with Crippen LogP contribution in [0.4, 0.5) is 0 Å². The van der Waals surface area contributed by atoms with Crippen LogP contribution < -0.4 is 21.3 Å². The van der Waals surface area contributed by atoms with Crippen LogP contribution in [0.5, 0.6) is 0 Å². The molecule has 0 saturated heterocycles. The maximum Gasteiger partial charge on any atom is 0.307 e. The van der Waals surface area contributed by atoms with Crippen LogP contribution in [0.15, 0.2) is 4.99 Å². The number of esters is 1. The molecular formula is C21H43N5O2. The Morgan fingerprint density at radius 3 is 2.14 bits per heavy atom. The molecule has 1 aliphatic rings. The second-order valence-corrected chi connectivity index (χ2v) is 7.63. The van der Waals surface area contributed by atoms with Crippen molar-refractivity contribution < 1.29 is 9.53 Å². The summed E-state index contributed by atoms with van der Waals surface area (Å²) in [5.41, 5.74) is 0. The summed E-state index contributed by atoms with van der Waals surface area (Å²) < 4.78 is 5.53. The Balaban J connectivity index is 2.33. The van der Waals surface area contributed by atoms with E-state index in [4.69, 9.17) is 4.74 Å². The second kappa shape index (κ2) is 15.6. The number of aliphatic imine (C=N–C) groups is 1. The molecule has 28 heavy (non-hydrogen) atoms. The first-order chi connectivity index (χ1) is 13.6. The number of nitrogens with zero attached hydrogens (tertiary/aromatic N) is 1. The second-order valence-electron chi connectivity index (χ2n) is 7.63. The molecule has 1 rings (SSSR count). The number of ether oxygens (including phenoxy) is 1. The van der Waals surface area contributed by atoms with Crippen molar-refractivity contribution in [1.29, 1.82) is 0 Å². The van der Waals surface area contributed by atoms with E-state index in [-0.39, 0.29) is 5.97 Å². The summed E-state index contributed by atoms with van der Waals surface area (Å²) in [6.07, 6.45) is 14.9. The lowest BCUT2D eigenvalue weighted by molar-refractivity contribution is -0.169. The van der Waals surface area contributed by atoms with E-state index < -0.39 is 5.97 Å².